The number of hydrogen-bond acceptors (Lipinski definition) is 3. The summed E-state index contributed by atoms with van der Waals surface area (Å²) < 4.78 is 0. The summed E-state index contributed by atoms with van der Waals surface area (Å²) in [6.45, 7) is 2.00. The lowest BCUT2D eigenvalue weighted by atomic mass is 9.99. The van der Waals surface area contributed by atoms with Crippen LogP contribution in [0.15, 0.2) is 60.0 Å². The zero-order valence-electron chi connectivity index (χ0n) is 14.2. The van der Waals surface area contributed by atoms with Crippen LogP contribution >= 0.6 is 11.3 Å². The first kappa shape index (κ1) is 17.4. The molecule has 3 nitrogen and oxygen atoms in total. The van der Waals surface area contributed by atoms with Gasteiger partial charge in [-0.15, -0.1) is 11.3 Å². The van der Waals surface area contributed by atoms with Crippen molar-refractivity contribution in [1.82, 2.24) is 5.32 Å². The minimum atomic E-state index is -0.0633. The Labute approximate surface area is 151 Å². The van der Waals surface area contributed by atoms with Gasteiger partial charge in [-0.1, -0.05) is 48.5 Å². The van der Waals surface area contributed by atoms with Gasteiger partial charge in [0.05, 0.1) is 10.9 Å². The molecule has 0 radical (unpaired) electrons. The van der Waals surface area contributed by atoms with Crippen LogP contribution in [0.1, 0.15) is 47.5 Å². The van der Waals surface area contributed by atoms with Crippen molar-refractivity contribution in [3.05, 3.63) is 70.4 Å². The number of thiophene rings is 1. The number of carbonyl (C=O) groups excluding carboxylic acids is 2. The summed E-state index contributed by atoms with van der Waals surface area (Å²) in [6, 6.07) is 17.9. The van der Waals surface area contributed by atoms with Gasteiger partial charge < -0.3 is 5.32 Å². The van der Waals surface area contributed by atoms with Gasteiger partial charge >= 0.3 is 0 Å². The van der Waals surface area contributed by atoms with Crippen molar-refractivity contribution in [2.24, 2.45) is 0 Å². The molecule has 0 saturated carbocycles. The maximum absolute atomic E-state index is 12.2. The van der Waals surface area contributed by atoms with Gasteiger partial charge in [0.25, 0.3) is 0 Å². The quantitative estimate of drug-likeness (QED) is 0.600. The molecular formula is C21H21NO2S. The molecule has 3 aromatic rings. The molecule has 0 aliphatic carbocycles. The normalized spacial score (nSPS) is 12.0. The summed E-state index contributed by atoms with van der Waals surface area (Å²) in [4.78, 5) is 24.9. The van der Waals surface area contributed by atoms with Gasteiger partial charge in [-0.3, -0.25) is 9.59 Å². The molecule has 0 bridgehead atoms. The molecule has 1 N–H and O–H groups in total. The first-order valence-electron chi connectivity index (χ1n) is 8.49. The fourth-order valence-corrected chi connectivity index (χ4v) is 3.68. The maximum Gasteiger partial charge on any atom is 0.220 e. The molecule has 0 spiro atoms. The van der Waals surface area contributed by atoms with Gasteiger partial charge in [-0.2, -0.15) is 0 Å². The monoisotopic (exact) mass is 351 g/mol. The highest BCUT2D eigenvalue weighted by atomic mass is 32.1. The van der Waals surface area contributed by atoms with E-state index in [1.807, 2.05) is 48.7 Å². The van der Waals surface area contributed by atoms with Gasteiger partial charge in [-0.25, -0.2) is 0 Å². The molecule has 1 amide bonds. The molecule has 1 aromatic heterocycles. The summed E-state index contributed by atoms with van der Waals surface area (Å²) >= 11 is 1.45. The molecule has 1 atom stereocenters. The number of amides is 1. The Bertz CT molecular complexity index is 865. The van der Waals surface area contributed by atoms with Crippen LogP contribution in [-0.2, 0) is 4.79 Å². The molecule has 0 fully saturated rings. The number of fused-ring (bicyclic) bond motifs is 1. The van der Waals surface area contributed by atoms with Gasteiger partial charge in [0.1, 0.15) is 0 Å². The Balaban J connectivity index is 1.54. The second-order valence-electron chi connectivity index (χ2n) is 6.11. The number of carbonyl (C=O) groups is 2. The predicted octanol–water partition coefficient (Wildman–Crippen LogP) is 5.13. The number of nitrogens with one attached hydrogen (secondary N) is 1. The first-order valence-corrected chi connectivity index (χ1v) is 9.37. The van der Waals surface area contributed by atoms with E-state index in [9.17, 15) is 9.59 Å². The Morgan fingerprint density at radius 3 is 2.60 bits per heavy atom. The third-order valence-corrected chi connectivity index (χ3v) is 5.18. The van der Waals surface area contributed by atoms with E-state index in [-0.39, 0.29) is 17.7 Å². The lowest BCUT2D eigenvalue weighted by Gasteiger charge is -2.16. The fourth-order valence-electron chi connectivity index (χ4n) is 2.99. The van der Waals surface area contributed by atoms with Gasteiger partial charge in [0.2, 0.25) is 5.91 Å². The van der Waals surface area contributed by atoms with Crippen LogP contribution in [0.4, 0.5) is 0 Å². The number of rotatable bonds is 7. The SMILES string of the molecule is CC(NC(=O)CCCC(=O)c1cccs1)c1cccc2ccccc12. The van der Waals surface area contributed by atoms with E-state index in [1.54, 1.807) is 0 Å². The third kappa shape index (κ3) is 4.34. The third-order valence-electron chi connectivity index (χ3n) is 4.27. The topological polar surface area (TPSA) is 46.2 Å². The number of ketones is 1. The number of benzene rings is 2. The van der Waals surface area contributed by atoms with Crippen molar-refractivity contribution in [2.45, 2.75) is 32.2 Å². The molecule has 0 aliphatic rings. The smallest absolute Gasteiger partial charge is 0.220 e. The van der Waals surface area contributed by atoms with Gasteiger partial charge in [0.15, 0.2) is 5.78 Å². The van der Waals surface area contributed by atoms with Gasteiger partial charge in [-0.05, 0) is 41.1 Å². The fraction of sp³-hybridized carbons (Fsp3) is 0.238. The summed E-state index contributed by atoms with van der Waals surface area (Å²) in [5.41, 5.74) is 1.11. The van der Waals surface area contributed by atoms with E-state index in [2.05, 4.69) is 23.5 Å². The second kappa shape index (κ2) is 8.08. The van der Waals surface area contributed by atoms with E-state index in [1.165, 1.54) is 16.7 Å². The first-order chi connectivity index (χ1) is 12.1. The molecule has 128 valence electrons. The maximum atomic E-state index is 12.2. The zero-order valence-corrected chi connectivity index (χ0v) is 15.0. The highest BCUT2D eigenvalue weighted by molar-refractivity contribution is 7.12. The molecule has 3 rings (SSSR count). The largest absolute Gasteiger partial charge is 0.350 e. The zero-order chi connectivity index (χ0) is 17.6. The van der Waals surface area contributed by atoms with E-state index in [0.29, 0.717) is 19.3 Å². The van der Waals surface area contributed by atoms with E-state index in [4.69, 9.17) is 0 Å². The van der Waals surface area contributed by atoms with Crippen molar-refractivity contribution >= 4 is 33.8 Å². The Morgan fingerprint density at radius 2 is 1.80 bits per heavy atom. The summed E-state index contributed by atoms with van der Waals surface area (Å²) in [5, 5.41) is 7.27. The van der Waals surface area contributed by atoms with Crippen LogP contribution in [0.3, 0.4) is 0 Å². The van der Waals surface area contributed by atoms with Crippen molar-refractivity contribution in [3.63, 3.8) is 0 Å². The Kier molecular flexibility index (Phi) is 5.61. The van der Waals surface area contributed by atoms with Crippen LogP contribution < -0.4 is 5.32 Å². The lowest BCUT2D eigenvalue weighted by molar-refractivity contribution is -0.121. The Hall–Kier alpha value is -2.46. The molecular weight excluding hydrogens is 330 g/mol. The van der Waals surface area contributed by atoms with Crippen LogP contribution in [0.2, 0.25) is 0 Å². The van der Waals surface area contributed by atoms with Gasteiger partial charge in [0, 0.05) is 12.8 Å². The second-order valence-corrected chi connectivity index (χ2v) is 7.06. The highest BCUT2D eigenvalue weighted by Gasteiger charge is 2.13. The standard InChI is InChI=1S/C21H21NO2S/c1-15(17-10-4-8-16-7-2-3-9-18(16)17)22-21(24)13-5-11-19(23)20-12-6-14-25-20/h2-4,6-10,12,14-15H,5,11,13H2,1H3,(H,22,24). The van der Waals surface area contributed by atoms with Crippen LogP contribution in [0.5, 0.6) is 0 Å². The molecule has 0 saturated heterocycles. The highest BCUT2D eigenvalue weighted by Crippen LogP contribution is 2.24. The van der Waals surface area contributed by atoms with E-state index >= 15 is 0 Å². The van der Waals surface area contributed by atoms with Crippen LogP contribution in [0.25, 0.3) is 10.8 Å². The van der Waals surface area contributed by atoms with E-state index in [0.717, 1.165) is 15.8 Å². The van der Waals surface area contributed by atoms with Crippen molar-refractivity contribution in [3.8, 4) is 0 Å². The Morgan fingerprint density at radius 1 is 1.00 bits per heavy atom. The molecule has 1 heterocycles. The summed E-state index contributed by atoms with van der Waals surface area (Å²) in [7, 11) is 0. The van der Waals surface area contributed by atoms with Crippen LogP contribution in [-0.4, -0.2) is 11.7 Å². The van der Waals surface area contributed by atoms with E-state index < -0.39 is 0 Å². The number of hydrogen-bond donors (Lipinski definition) is 1. The molecule has 1 unspecified atom stereocenters. The molecule has 4 heteroatoms. The summed E-state index contributed by atoms with van der Waals surface area (Å²) in [6.07, 6.45) is 1.35. The minimum Gasteiger partial charge on any atom is -0.350 e. The van der Waals surface area contributed by atoms with Crippen molar-refractivity contribution in [1.29, 1.82) is 0 Å². The molecule has 2 aromatic carbocycles. The van der Waals surface area contributed by atoms with Crippen molar-refractivity contribution in [2.75, 3.05) is 0 Å². The summed E-state index contributed by atoms with van der Waals surface area (Å²) in [5.74, 6) is 0.101. The average Bonchev–Trinajstić information content (AvgIpc) is 3.16. The molecule has 0 aliphatic heterocycles. The minimum absolute atomic E-state index is 0.0144. The number of Topliss-reactive ketones (excluding diaryl/α,β-unsaturated/α-hetero) is 1. The average molecular weight is 351 g/mol. The molecule has 25 heavy (non-hydrogen) atoms. The predicted molar refractivity (Wildman–Crippen MR) is 103 cm³/mol. The van der Waals surface area contributed by atoms with Crippen molar-refractivity contribution < 1.29 is 9.59 Å². The van der Waals surface area contributed by atoms with Crippen LogP contribution in [0, 0.1) is 0 Å². The lowest BCUT2D eigenvalue weighted by Crippen LogP contribution is -2.26.